The van der Waals surface area contributed by atoms with Gasteiger partial charge >= 0.3 is 0 Å². The van der Waals surface area contributed by atoms with Gasteiger partial charge in [-0.25, -0.2) is 4.39 Å². The Morgan fingerprint density at radius 2 is 1.94 bits per heavy atom. The van der Waals surface area contributed by atoms with Crippen molar-refractivity contribution in [3.8, 4) is 0 Å². The highest BCUT2D eigenvalue weighted by molar-refractivity contribution is 5.20. The molecule has 0 amide bonds. The summed E-state index contributed by atoms with van der Waals surface area (Å²) in [7, 11) is 6.11. The van der Waals surface area contributed by atoms with Crippen LogP contribution >= 0.6 is 0 Å². The zero-order chi connectivity index (χ0) is 12.8. The second kappa shape index (κ2) is 6.69. The molecule has 1 aromatic rings. The van der Waals surface area contributed by atoms with Crippen LogP contribution in [-0.4, -0.2) is 50.6 Å². The van der Waals surface area contributed by atoms with E-state index in [1.165, 1.54) is 12.1 Å². The summed E-state index contributed by atoms with van der Waals surface area (Å²) >= 11 is 0. The molecule has 0 saturated carbocycles. The predicted octanol–water partition coefficient (Wildman–Crippen LogP) is 1.32. The van der Waals surface area contributed by atoms with E-state index in [0.717, 1.165) is 25.2 Å². The van der Waals surface area contributed by atoms with E-state index in [1.807, 2.05) is 27.2 Å². The van der Waals surface area contributed by atoms with E-state index in [9.17, 15) is 4.39 Å². The van der Waals surface area contributed by atoms with E-state index in [0.29, 0.717) is 0 Å². The molecule has 1 aromatic carbocycles. The number of hydrogen-bond donors (Lipinski definition) is 1. The monoisotopic (exact) mass is 239 g/mol. The Morgan fingerprint density at radius 1 is 1.24 bits per heavy atom. The molecule has 0 aliphatic carbocycles. The fraction of sp³-hybridized carbons (Fsp3) is 0.538. The van der Waals surface area contributed by atoms with Gasteiger partial charge in [-0.05, 0) is 38.8 Å². The summed E-state index contributed by atoms with van der Waals surface area (Å²) in [5.41, 5.74) is 6.90. The zero-order valence-corrected chi connectivity index (χ0v) is 10.9. The number of halogens is 1. The van der Waals surface area contributed by atoms with Crippen molar-refractivity contribution in [1.82, 2.24) is 9.80 Å². The second-order valence-corrected chi connectivity index (χ2v) is 4.73. The van der Waals surface area contributed by atoms with Crippen molar-refractivity contribution < 1.29 is 4.39 Å². The van der Waals surface area contributed by atoms with Crippen LogP contribution in [0.5, 0.6) is 0 Å². The van der Waals surface area contributed by atoms with E-state index in [-0.39, 0.29) is 11.9 Å². The molecule has 96 valence electrons. The van der Waals surface area contributed by atoms with Crippen molar-refractivity contribution >= 4 is 0 Å². The summed E-state index contributed by atoms with van der Waals surface area (Å²) < 4.78 is 13.0. The van der Waals surface area contributed by atoms with Crippen molar-refractivity contribution in [3.63, 3.8) is 0 Å². The predicted molar refractivity (Wildman–Crippen MR) is 69.4 cm³/mol. The Hall–Kier alpha value is -0.970. The largest absolute Gasteiger partial charge is 0.323 e. The molecule has 0 aliphatic heterocycles. The SMILES string of the molecule is CN(C)CCN(C)CC(N)c1cccc(F)c1. The van der Waals surface area contributed by atoms with Crippen LogP contribution in [0.4, 0.5) is 4.39 Å². The number of likely N-dealkylation sites (N-methyl/N-ethyl adjacent to an activating group) is 2. The van der Waals surface area contributed by atoms with Crippen molar-refractivity contribution in [3.05, 3.63) is 35.6 Å². The third kappa shape index (κ3) is 5.26. The van der Waals surface area contributed by atoms with Crippen molar-refractivity contribution in [1.29, 1.82) is 0 Å². The number of hydrogen-bond acceptors (Lipinski definition) is 3. The van der Waals surface area contributed by atoms with Gasteiger partial charge in [-0.3, -0.25) is 0 Å². The zero-order valence-electron chi connectivity index (χ0n) is 10.9. The molecule has 0 spiro atoms. The number of nitrogens with two attached hydrogens (primary N) is 1. The minimum atomic E-state index is -0.228. The number of benzene rings is 1. The van der Waals surface area contributed by atoms with Gasteiger partial charge in [0.25, 0.3) is 0 Å². The lowest BCUT2D eigenvalue weighted by atomic mass is 10.1. The smallest absolute Gasteiger partial charge is 0.123 e. The van der Waals surface area contributed by atoms with Gasteiger partial charge in [-0.1, -0.05) is 12.1 Å². The molecular weight excluding hydrogens is 217 g/mol. The minimum absolute atomic E-state index is 0.141. The number of nitrogens with zero attached hydrogens (tertiary/aromatic N) is 2. The van der Waals surface area contributed by atoms with Crippen LogP contribution in [0.15, 0.2) is 24.3 Å². The Kier molecular flexibility index (Phi) is 5.55. The molecule has 2 N–H and O–H groups in total. The van der Waals surface area contributed by atoms with Gasteiger partial charge in [0, 0.05) is 25.7 Å². The lowest BCUT2D eigenvalue weighted by Crippen LogP contribution is -2.34. The van der Waals surface area contributed by atoms with Gasteiger partial charge in [-0.15, -0.1) is 0 Å². The fourth-order valence-corrected chi connectivity index (χ4v) is 1.64. The highest BCUT2D eigenvalue weighted by atomic mass is 19.1. The van der Waals surface area contributed by atoms with E-state index in [4.69, 9.17) is 5.73 Å². The summed E-state index contributed by atoms with van der Waals surface area (Å²) in [6.07, 6.45) is 0. The van der Waals surface area contributed by atoms with Crippen LogP contribution in [0, 0.1) is 5.82 Å². The van der Waals surface area contributed by atoms with Gasteiger partial charge in [-0.2, -0.15) is 0 Å². The maximum atomic E-state index is 13.0. The third-order valence-electron chi connectivity index (χ3n) is 2.71. The summed E-state index contributed by atoms with van der Waals surface area (Å²) in [6.45, 7) is 2.68. The lowest BCUT2D eigenvalue weighted by Gasteiger charge is -2.23. The maximum Gasteiger partial charge on any atom is 0.123 e. The first kappa shape index (κ1) is 14.1. The van der Waals surface area contributed by atoms with Crippen LogP contribution in [0.3, 0.4) is 0 Å². The average molecular weight is 239 g/mol. The summed E-state index contributed by atoms with van der Waals surface area (Å²) in [4.78, 5) is 4.29. The molecule has 1 atom stereocenters. The molecule has 0 saturated heterocycles. The van der Waals surface area contributed by atoms with Crippen LogP contribution in [-0.2, 0) is 0 Å². The maximum absolute atomic E-state index is 13.0. The summed E-state index contributed by atoms with van der Waals surface area (Å²) in [6, 6.07) is 6.37. The molecule has 1 unspecified atom stereocenters. The molecule has 4 heteroatoms. The third-order valence-corrected chi connectivity index (χ3v) is 2.71. The topological polar surface area (TPSA) is 32.5 Å². The Bertz CT molecular complexity index is 341. The standard InChI is InChI=1S/C13H22FN3/c1-16(2)7-8-17(3)10-13(15)11-5-4-6-12(14)9-11/h4-6,9,13H,7-8,10,15H2,1-3H3. The highest BCUT2D eigenvalue weighted by Crippen LogP contribution is 2.12. The molecule has 0 fully saturated rings. The first-order chi connectivity index (χ1) is 7.99. The van der Waals surface area contributed by atoms with Gasteiger partial charge in [0.2, 0.25) is 0 Å². The molecule has 3 nitrogen and oxygen atoms in total. The van der Waals surface area contributed by atoms with Gasteiger partial charge < -0.3 is 15.5 Å². The van der Waals surface area contributed by atoms with Crippen LogP contribution < -0.4 is 5.73 Å². The van der Waals surface area contributed by atoms with Crippen molar-refractivity contribution in [2.45, 2.75) is 6.04 Å². The molecule has 0 aromatic heterocycles. The summed E-state index contributed by atoms with van der Waals surface area (Å²) in [5.74, 6) is -0.228. The molecule has 0 heterocycles. The Morgan fingerprint density at radius 3 is 2.53 bits per heavy atom. The quantitative estimate of drug-likeness (QED) is 0.812. The van der Waals surface area contributed by atoms with Gasteiger partial charge in [0.1, 0.15) is 5.82 Å². The first-order valence-electron chi connectivity index (χ1n) is 5.83. The highest BCUT2D eigenvalue weighted by Gasteiger charge is 2.09. The van der Waals surface area contributed by atoms with Crippen molar-refractivity contribution in [2.75, 3.05) is 40.8 Å². The molecule has 17 heavy (non-hydrogen) atoms. The second-order valence-electron chi connectivity index (χ2n) is 4.73. The van der Waals surface area contributed by atoms with E-state index >= 15 is 0 Å². The van der Waals surface area contributed by atoms with Crippen LogP contribution in [0.1, 0.15) is 11.6 Å². The van der Waals surface area contributed by atoms with Gasteiger partial charge in [0.05, 0.1) is 0 Å². The number of rotatable bonds is 6. The lowest BCUT2D eigenvalue weighted by molar-refractivity contribution is 0.269. The van der Waals surface area contributed by atoms with E-state index in [1.54, 1.807) is 6.07 Å². The normalized spacial score (nSPS) is 13.4. The molecule has 0 radical (unpaired) electrons. The minimum Gasteiger partial charge on any atom is -0.323 e. The Labute approximate surface area is 103 Å². The van der Waals surface area contributed by atoms with Gasteiger partial charge in [0.15, 0.2) is 0 Å². The summed E-state index contributed by atoms with van der Waals surface area (Å²) in [5, 5.41) is 0. The van der Waals surface area contributed by atoms with Crippen molar-refractivity contribution in [2.24, 2.45) is 5.73 Å². The average Bonchev–Trinajstić information content (AvgIpc) is 2.26. The van der Waals surface area contributed by atoms with Crippen LogP contribution in [0.25, 0.3) is 0 Å². The fourth-order valence-electron chi connectivity index (χ4n) is 1.64. The van der Waals surface area contributed by atoms with E-state index in [2.05, 4.69) is 9.80 Å². The first-order valence-corrected chi connectivity index (χ1v) is 5.83. The van der Waals surface area contributed by atoms with E-state index < -0.39 is 0 Å². The van der Waals surface area contributed by atoms with Crippen LogP contribution in [0.2, 0.25) is 0 Å². The molecular formula is C13H22FN3. The molecule has 1 rings (SSSR count). The molecule has 0 aliphatic rings. The molecule has 0 bridgehead atoms. The Balaban J connectivity index is 2.45.